The van der Waals surface area contributed by atoms with Gasteiger partial charge in [-0.2, -0.15) is 0 Å². The van der Waals surface area contributed by atoms with E-state index in [1.165, 1.54) is 17.9 Å². The number of hydrogen-bond acceptors (Lipinski definition) is 3. The van der Waals surface area contributed by atoms with E-state index >= 15 is 0 Å². The fourth-order valence-electron chi connectivity index (χ4n) is 2.45. The molecule has 0 bridgehead atoms. The molecule has 3 heteroatoms. The fraction of sp³-hybridized carbons (Fsp3) is 0.900. The summed E-state index contributed by atoms with van der Waals surface area (Å²) in [4.78, 5) is 11.6. The van der Waals surface area contributed by atoms with Crippen LogP contribution < -0.4 is 0 Å². The predicted molar refractivity (Wildman–Crippen MR) is 60.3 cm³/mol. The average molecular weight is 216 g/mol. The van der Waals surface area contributed by atoms with Gasteiger partial charge in [-0.3, -0.25) is 4.79 Å². The molecule has 1 saturated carbocycles. The van der Waals surface area contributed by atoms with Crippen LogP contribution in [0.15, 0.2) is 0 Å². The molecule has 0 aromatic heterocycles. The molecule has 1 nitrogen and oxygen atoms in total. The molecule has 0 amide bonds. The minimum atomic E-state index is 0.236. The summed E-state index contributed by atoms with van der Waals surface area (Å²) in [6.07, 6.45) is 2.81. The van der Waals surface area contributed by atoms with Crippen LogP contribution in [0.3, 0.4) is 0 Å². The second-order valence-corrected chi connectivity index (χ2v) is 8.06. The van der Waals surface area contributed by atoms with Gasteiger partial charge in [-0.05, 0) is 11.8 Å². The Morgan fingerprint density at radius 1 is 1.15 bits per heavy atom. The lowest BCUT2D eigenvalue weighted by Crippen LogP contribution is -2.37. The molecule has 13 heavy (non-hydrogen) atoms. The van der Waals surface area contributed by atoms with E-state index in [9.17, 15) is 4.79 Å². The summed E-state index contributed by atoms with van der Waals surface area (Å²) in [5.74, 6) is 2.93. The van der Waals surface area contributed by atoms with Crippen molar-refractivity contribution in [1.29, 1.82) is 0 Å². The summed E-state index contributed by atoms with van der Waals surface area (Å²) < 4.78 is 0.263. The minimum Gasteiger partial charge on any atom is -0.300 e. The highest BCUT2D eigenvalue weighted by atomic mass is 32.2. The number of thioether (sulfide) groups is 2. The summed E-state index contributed by atoms with van der Waals surface area (Å²) in [5, 5.41) is 0. The zero-order valence-electron chi connectivity index (χ0n) is 8.26. The lowest BCUT2D eigenvalue weighted by molar-refractivity contribution is -0.123. The molecule has 0 unspecified atom stereocenters. The van der Waals surface area contributed by atoms with E-state index in [2.05, 4.69) is 13.8 Å². The summed E-state index contributed by atoms with van der Waals surface area (Å²) in [5.41, 5.74) is 0.236. The maximum Gasteiger partial charge on any atom is 0.135 e. The Kier molecular flexibility index (Phi) is 2.44. The summed E-state index contributed by atoms with van der Waals surface area (Å²) >= 11 is 4.03. The van der Waals surface area contributed by atoms with Crippen LogP contribution in [0.4, 0.5) is 0 Å². The molecule has 74 valence electrons. The molecule has 1 saturated heterocycles. The van der Waals surface area contributed by atoms with Crippen molar-refractivity contribution >= 4 is 29.3 Å². The van der Waals surface area contributed by atoms with Crippen molar-refractivity contribution in [2.45, 2.75) is 37.2 Å². The van der Waals surface area contributed by atoms with Gasteiger partial charge in [-0.25, -0.2) is 0 Å². The van der Waals surface area contributed by atoms with Crippen molar-refractivity contribution in [1.82, 2.24) is 0 Å². The molecule has 0 N–H and O–H groups in total. The van der Waals surface area contributed by atoms with Crippen molar-refractivity contribution in [3.63, 3.8) is 0 Å². The first kappa shape index (κ1) is 9.91. The maximum absolute atomic E-state index is 11.6. The topological polar surface area (TPSA) is 17.1 Å². The van der Waals surface area contributed by atoms with Crippen molar-refractivity contribution in [2.75, 3.05) is 11.5 Å². The molecule has 0 radical (unpaired) electrons. The van der Waals surface area contributed by atoms with Crippen molar-refractivity contribution < 1.29 is 4.79 Å². The van der Waals surface area contributed by atoms with Crippen LogP contribution in [0.25, 0.3) is 0 Å². The third-order valence-electron chi connectivity index (χ3n) is 2.70. The van der Waals surface area contributed by atoms with E-state index in [1.807, 2.05) is 23.5 Å². The van der Waals surface area contributed by atoms with E-state index < -0.39 is 0 Å². The highest BCUT2D eigenvalue weighted by Gasteiger charge is 2.46. The first-order valence-corrected chi connectivity index (χ1v) is 6.78. The molecule has 1 aliphatic carbocycles. The van der Waals surface area contributed by atoms with Crippen molar-refractivity contribution in [3.05, 3.63) is 0 Å². The number of ketones is 1. The first-order chi connectivity index (χ1) is 6.02. The van der Waals surface area contributed by atoms with E-state index in [4.69, 9.17) is 0 Å². The van der Waals surface area contributed by atoms with E-state index in [0.29, 0.717) is 5.78 Å². The molecule has 0 atom stereocenters. The van der Waals surface area contributed by atoms with Crippen LogP contribution >= 0.6 is 23.5 Å². The van der Waals surface area contributed by atoms with E-state index in [0.717, 1.165) is 12.8 Å². The summed E-state index contributed by atoms with van der Waals surface area (Å²) in [6.45, 7) is 4.45. The van der Waals surface area contributed by atoms with Crippen LogP contribution in [0.1, 0.15) is 33.1 Å². The van der Waals surface area contributed by atoms with Gasteiger partial charge >= 0.3 is 0 Å². The molecule has 1 aliphatic heterocycles. The molecule has 2 rings (SSSR count). The Labute approximate surface area is 88.4 Å². The third kappa shape index (κ3) is 2.07. The zero-order chi connectivity index (χ0) is 9.53. The van der Waals surface area contributed by atoms with Crippen LogP contribution in [0, 0.1) is 5.41 Å². The SMILES string of the molecule is CC1(C)CC(=O)CC2(C1)SCCS2. The Balaban J connectivity index is 2.17. The molecule has 1 heterocycles. The predicted octanol–water partition coefficient (Wildman–Crippen LogP) is 2.94. The first-order valence-electron chi connectivity index (χ1n) is 4.81. The number of hydrogen-bond donors (Lipinski definition) is 0. The lowest BCUT2D eigenvalue weighted by atomic mass is 9.76. The number of Topliss-reactive ketones (excluding diaryl/α,β-unsaturated/α-hetero) is 1. The number of carbonyl (C=O) groups is 1. The van der Waals surface area contributed by atoms with Gasteiger partial charge in [0.15, 0.2) is 0 Å². The summed E-state index contributed by atoms with van der Waals surface area (Å²) in [7, 11) is 0. The monoisotopic (exact) mass is 216 g/mol. The lowest BCUT2D eigenvalue weighted by Gasteiger charge is -2.40. The zero-order valence-corrected chi connectivity index (χ0v) is 9.89. The third-order valence-corrected chi connectivity index (χ3v) is 6.12. The van der Waals surface area contributed by atoms with Gasteiger partial charge in [0.2, 0.25) is 0 Å². The van der Waals surface area contributed by atoms with Gasteiger partial charge in [-0.1, -0.05) is 13.8 Å². The van der Waals surface area contributed by atoms with Crippen LogP contribution in [-0.2, 0) is 4.79 Å². The van der Waals surface area contributed by atoms with Gasteiger partial charge in [0.1, 0.15) is 5.78 Å². The number of carbonyl (C=O) groups excluding carboxylic acids is 1. The van der Waals surface area contributed by atoms with Gasteiger partial charge in [-0.15, -0.1) is 23.5 Å². The van der Waals surface area contributed by atoms with Crippen LogP contribution in [0.2, 0.25) is 0 Å². The Morgan fingerprint density at radius 2 is 1.77 bits per heavy atom. The molecule has 0 aromatic carbocycles. The minimum absolute atomic E-state index is 0.236. The standard InChI is InChI=1S/C10H16OS2/c1-9(2)5-8(11)6-10(7-9)12-3-4-13-10/h3-7H2,1-2H3. The molecule has 0 aromatic rings. The second-order valence-electron chi connectivity index (χ2n) is 4.84. The molecule has 1 spiro atoms. The van der Waals surface area contributed by atoms with E-state index in [1.54, 1.807) is 0 Å². The highest BCUT2D eigenvalue weighted by molar-refractivity contribution is 8.21. The number of rotatable bonds is 0. The summed E-state index contributed by atoms with van der Waals surface area (Å²) in [6, 6.07) is 0. The molecular weight excluding hydrogens is 200 g/mol. The van der Waals surface area contributed by atoms with Crippen molar-refractivity contribution in [3.8, 4) is 0 Å². The second kappa shape index (κ2) is 3.20. The van der Waals surface area contributed by atoms with Gasteiger partial charge in [0, 0.05) is 24.3 Å². The van der Waals surface area contributed by atoms with Gasteiger partial charge < -0.3 is 0 Å². The van der Waals surface area contributed by atoms with Crippen molar-refractivity contribution in [2.24, 2.45) is 5.41 Å². The Morgan fingerprint density at radius 3 is 2.31 bits per heavy atom. The van der Waals surface area contributed by atoms with Crippen LogP contribution in [0.5, 0.6) is 0 Å². The highest BCUT2D eigenvalue weighted by Crippen LogP contribution is 2.56. The Bertz CT molecular complexity index is 229. The largest absolute Gasteiger partial charge is 0.300 e. The molecular formula is C10H16OS2. The molecule has 2 fully saturated rings. The van der Waals surface area contributed by atoms with Gasteiger partial charge in [0.25, 0.3) is 0 Å². The quantitative estimate of drug-likeness (QED) is 0.620. The fourth-order valence-corrected chi connectivity index (χ4v) is 6.21. The normalized spacial score (nSPS) is 31.1. The smallest absolute Gasteiger partial charge is 0.135 e. The Hall–Kier alpha value is 0.370. The van der Waals surface area contributed by atoms with E-state index in [-0.39, 0.29) is 9.49 Å². The molecule has 2 aliphatic rings. The maximum atomic E-state index is 11.6. The average Bonchev–Trinajstić information content (AvgIpc) is 2.31. The van der Waals surface area contributed by atoms with Crippen LogP contribution in [-0.4, -0.2) is 21.4 Å². The van der Waals surface area contributed by atoms with Gasteiger partial charge in [0.05, 0.1) is 4.08 Å².